The molecule has 1 aromatic carbocycles. The maximum atomic E-state index is 12.0. The lowest BCUT2D eigenvalue weighted by atomic mass is 9.94. The standard InChI is InChI=1S/C20H24N2O4/c1-4-9-25-17-8-7-14(12-18(17)26-10-5-2)19-15(13-21)11-16(22-19)20(23)24-6-3/h4-5,7-8,12,15-16,19,22H,1-2,6,9-11H2,3H3. The minimum absolute atomic E-state index is 0.283. The van der Waals surface area contributed by atoms with Crippen LogP contribution in [-0.4, -0.2) is 31.8 Å². The SMILES string of the molecule is C=CCOc1ccc(C2NC(C(=O)OCC)CC2C#N)cc1OCC=C. The summed E-state index contributed by atoms with van der Waals surface area (Å²) in [6.45, 7) is 10.1. The second kappa shape index (κ2) is 9.64. The van der Waals surface area contributed by atoms with E-state index in [2.05, 4.69) is 24.5 Å². The van der Waals surface area contributed by atoms with E-state index in [0.29, 0.717) is 37.7 Å². The first-order valence-electron chi connectivity index (χ1n) is 8.58. The van der Waals surface area contributed by atoms with Crippen LogP contribution in [0.25, 0.3) is 0 Å². The van der Waals surface area contributed by atoms with Gasteiger partial charge in [0.15, 0.2) is 11.5 Å². The number of esters is 1. The predicted molar refractivity (Wildman–Crippen MR) is 97.8 cm³/mol. The Kier molecular flexibility index (Phi) is 7.24. The largest absolute Gasteiger partial charge is 0.486 e. The quantitative estimate of drug-likeness (QED) is 0.541. The van der Waals surface area contributed by atoms with Crippen molar-refractivity contribution in [1.82, 2.24) is 5.32 Å². The molecule has 1 aliphatic rings. The molecule has 0 aromatic heterocycles. The van der Waals surface area contributed by atoms with Gasteiger partial charge >= 0.3 is 5.97 Å². The van der Waals surface area contributed by atoms with Crippen molar-refractivity contribution in [3.8, 4) is 17.6 Å². The third-order valence-corrected chi connectivity index (χ3v) is 4.05. The highest BCUT2D eigenvalue weighted by atomic mass is 16.5. The molecule has 0 radical (unpaired) electrons. The molecule has 0 aliphatic carbocycles. The Balaban J connectivity index is 2.25. The van der Waals surface area contributed by atoms with Crippen molar-refractivity contribution >= 4 is 5.97 Å². The van der Waals surface area contributed by atoms with E-state index in [1.165, 1.54) is 0 Å². The first-order valence-corrected chi connectivity index (χ1v) is 8.58. The summed E-state index contributed by atoms with van der Waals surface area (Å²) < 4.78 is 16.4. The second-order valence-electron chi connectivity index (χ2n) is 5.83. The van der Waals surface area contributed by atoms with Gasteiger partial charge in [-0.3, -0.25) is 10.1 Å². The highest BCUT2D eigenvalue weighted by Crippen LogP contribution is 2.37. The number of nitriles is 1. The van der Waals surface area contributed by atoms with E-state index in [-0.39, 0.29) is 17.9 Å². The van der Waals surface area contributed by atoms with Gasteiger partial charge in [0.25, 0.3) is 0 Å². The van der Waals surface area contributed by atoms with E-state index in [9.17, 15) is 10.1 Å². The summed E-state index contributed by atoms with van der Waals surface area (Å²) in [6, 6.07) is 7.01. The van der Waals surface area contributed by atoms with Crippen LogP contribution in [-0.2, 0) is 9.53 Å². The molecular weight excluding hydrogens is 332 g/mol. The molecule has 3 unspecified atom stereocenters. The van der Waals surface area contributed by atoms with E-state index in [0.717, 1.165) is 5.56 Å². The molecule has 0 spiro atoms. The van der Waals surface area contributed by atoms with Crippen molar-refractivity contribution in [3.63, 3.8) is 0 Å². The van der Waals surface area contributed by atoms with Crippen LogP contribution in [0.3, 0.4) is 0 Å². The van der Waals surface area contributed by atoms with Crippen LogP contribution in [0.4, 0.5) is 0 Å². The van der Waals surface area contributed by atoms with Crippen molar-refractivity contribution < 1.29 is 19.0 Å². The predicted octanol–water partition coefficient (Wildman–Crippen LogP) is 2.92. The zero-order valence-electron chi connectivity index (χ0n) is 14.9. The topological polar surface area (TPSA) is 80.6 Å². The van der Waals surface area contributed by atoms with Crippen LogP contribution in [0.5, 0.6) is 11.5 Å². The fraction of sp³-hybridized carbons (Fsp3) is 0.400. The number of nitrogens with zero attached hydrogens (tertiary/aromatic N) is 1. The van der Waals surface area contributed by atoms with Crippen molar-refractivity contribution in [2.45, 2.75) is 25.4 Å². The fourth-order valence-corrected chi connectivity index (χ4v) is 2.90. The van der Waals surface area contributed by atoms with Crippen LogP contribution < -0.4 is 14.8 Å². The average molecular weight is 356 g/mol. The highest BCUT2D eigenvalue weighted by Gasteiger charge is 2.39. The average Bonchev–Trinajstić information content (AvgIpc) is 3.09. The maximum absolute atomic E-state index is 12.0. The Hall–Kier alpha value is -2.78. The van der Waals surface area contributed by atoms with Gasteiger partial charge in [0, 0.05) is 6.04 Å². The lowest BCUT2D eigenvalue weighted by Gasteiger charge is -2.18. The number of hydrogen-bond donors (Lipinski definition) is 1. The van der Waals surface area contributed by atoms with Crippen LogP contribution in [0.15, 0.2) is 43.5 Å². The number of carbonyl (C=O) groups is 1. The summed E-state index contributed by atoms with van der Waals surface area (Å²) in [5, 5.41) is 12.7. The Bertz CT molecular complexity index is 696. The molecule has 3 atom stereocenters. The van der Waals surface area contributed by atoms with Gasteiger partial charge in [-0.2, -0.15) is 5.26 Å². The van der Waals surface area contributed by atoms with E-state index < -0.39 is 6.04 Å². The van der Waals surface area contributed by atoms with Crippen molar-refractivity contribution in [2.24, 2.45) is 5.92 Å². The first kappa shape index (κ1) is 19.5. The molecular formula is C20H24N2O4. The molecule has 1 N–H and O–H groups in total. The van der Waals surface area contributed by atoms with Gasteiger partial charge in [-0.1, -0.05) is 31.4 Å². The zero-order valence-corrected chi connectivity index (χ0v) is 14.9. The Morgan fingerprint density at radius 2 is 2.00 bits per heavy atom. The molecule has 26 heavy (non-hydrogen) atoms. The van der Waals surface area contributed by atoms with Gasteiger partial charge in [0.1, 0.15) is 19.3 Å². The molecule has 6 heteroatoms. The molecule has 1 aromatic rings. The number of hydrogen-bond acceptors (Lipinski definition) is 6. The minimum Gasteiger partial charge on any atom is -0.486 e. The monoisotopic (exact) mass is 356 g/mol. The van der Waals surface area contributed by atoms with Crippen LogP contribution in [0.1, 0.15) is 24.9 Å². The van der Waals surface area contributed by atoms with Gasteiger partial charge < -0.3 is 14.2 Å². The second-order valence-corrected chi connectivity index (χ2v) is 5.83. The molecule has 1 saturated heterocycles. The van der Waals surface area contributed by atoms with Gasteiger partial charge in [0.2, 0.25) is 0 Å². The fourth-order valence-electron chi connectivity index (χ4n) is 2.90. The summed E-state index contributed by atoms with van der Waals surface area (Å²) in [7, 11) is 0. The Labute approximate surface area is 154 Å². The lowest BCUT2D eigenvalue weighted by Crippen LogP contribution is -2.33. The molecule has 138 valence electrons. The third-order valence-electron chi connectivity index (χ3n) is 4.05. The molecule has 1 heterocycles. The zero-order chi connectivity index (χ0) is 18.9. The van der Waals surface area contributed by atoms with Crippen LogP contribution >= 0.6 is 0 Å². The number of rotatable bonds is 9. The lowest BCUT2D eigenvalue weighted by molar-refractivity contribution is -0.145. The van der Waals surface area contributed by atoms with E-state index in [1.807, 2.05) is 12.1 Å². The van der Waals surface area contributed by atoms with Crippen LogP contribution in [0.2, 0.25) is 0 Å². The Morgan fingerprint density at radius 3 is 2.62 bits per heavy atom. The minimum atomic E-state index is -0.487. The van der Waals surface area contributed by atoms with Gasteiger partial charge in [-0.05, 0) is 31.0 Å². The summed E-state index contributed by atoms with van der Waals surface area (Å²) in [6.07, 6.45) is 3.71. The molecule has 1 aliphatic heterocycles. The molecule has 2 rings (SSSR count). The molecule has 1 fully saturated rings. The van der Waals surface area contributed by atoms with Crippen LogP contribution in [0, 0.1) is 17.2 Å². The number of ether oxygens (including phenoxy) is 3. The molecule has 6 nitrogen and oxygen atoms in total. The van der Waals surface area contributed by atoms with E-state index in [1.54, 1.807) is 25.1 Å². The highest BCUT2D eigenvalue weighted by molar-refractivity contribution is 5.76. The summed E-state index contributed by atoms with van der Waals surface area (Å²) in [4.78, 5) is 12.0. The number of carbonyl (C=O) groups excluding carboxylic acids is 1. The van der Waals surface area contributed by atoms with Crippen molar-refractivity contribution in [2.75, 3.05) is 19.8 Å². The smallest absolute Gasteiger partial charge is 0.323 e. The molecule has 0 amide bonds. The normalized spacial score (nSPS) is 21.5. The van der Waals surface area contributed by atoms with Crippen molar-refractivity contribution in [1.29, 1.82) is 5.26 Å². The Morgan fingerprint density at radius 1 is 1.31 bits per heavy atom. The van der Waals surface area contributed by atoms with E-state index in [4.69, 9.17) is 14.2 Å². The third kappa shape index (κ3) is 4.64. The van der Waals surface area contributed by atoms with E-state index >= 15 is 0 Å². The summed E-state index contributed by atoms with van der Waals surface area (Å²) in [5.74, 6) is 0.479. The summed E-state index contributed by atoms with van der Waals surface area (Å²) in [5.41, 5.74) is 0.855. The van der Waals surface area contributed by atoms with Gasteiger partial charge in [-0.25, -0.2) is 0 Å². The number of benzene rings is 1. The van der Waals surface area contributed by atoms with Gasteiger partial charge in [0.05, 0.1) is 18.6 Å². The van der Waals surface area contributed by atoms with Crippen molar-refractivity contribution in [3.05, 3.63) is 49.1 Å². The first-order chi connectivity index (χ1) is 12.6. The van der Waals surface area contributed by atoms with Gasteiger partial charge in [-0.15, -0.1) is 0 Å². The molecule has 0 bridgehead atoms. The maximum Gasteiger partial charge on any atom is 0.323 e. The summed E-state index contributed by atoms with van der Waals surface area (Å²) >= 11 is 0. The number of nitrogens with one attached hydrogen (secondary N) is 1. The molecule has 0 saturated carbocycles.